The molecule has 39 heavy (non-hydrogen) atoms. The summed E-state index contributed by atoms with van der Waals surface area (Å²) in [6.07, 6.45) is 4.41. The third kappa shape index (κ3) is 6.64. The fraction of sp³-hybridized carbons (Fsp3) is 0.323. The highest BCUT2D eigenvalue weighted by molar-refractivity contribution is 5.94. The average molecular weight is 527 g/mol. The Morgan fingerprint density at radius 3 is 2.49 bits per heavy atom. The third-order valence-corrected chi connectivity index (χ3v) is 6.80. The lowest BCUT2D eigenvalue weighted by molar-refractivity contribution is 0.0729. The van der Waals surface area contributed by atoms with Gasteiger partial charge in [-0.05, 0) is 66.9 Å². The van der Waals surface area contributed by atoms with E-state index in [1.165, 1.54) is 0 Å². The van der Waals surface area contributed by atoms with Crippen molar-refractivity contribution in [1.29, 1.82) is 0 Å². The number of amides is 1. The number of pyridine rings is 1. The minimum atomic E-state index is -0.0566. The summed E-state index contributed by atoms with van der Waals surface area (Å²) in [4.78, 5) is 19.8. The quantitative estimate of drug-likeness (QED) is 0.291. The number of carbonyl (C=O) groups excluding carboxylic acids is 1. The zero-order valence-electron chi connectivity index (χ0n) is 22.7. The van der Waals surface area contributed by atoms with E-state index in [1.54, 1.807) is 19.5 Å². The fourth-order valence-corrected chi connectivity index (χ4v) is 4.77. The van der Waals surface area contributed by atoms with Gasteiger partial charge in [0.2, 0.25) is 0 Å². The minimum Gasteiger partial charge on any atom is -0.493 e. The number of aromatic nitrogens is 3. The Morgan fingerprint density at radius 1 is 1.03 bits per heavy atom. The second-order valence-corrected chi connectivity index (χ2v) is 9.89. The van der Waals surface area contributed by atoms with Crippen molar-refractivity contribution in [2.75, 3.05) is 20.3 Å². The molecule has 0 bridgehead atoms. The Kier molecular flexibility index (Phi) is 8.22. The molecule has 1 fully saturated rings. The Balaban J connectivity index is 1.35. The lowest BCUT2D eigenvalue weighted by atomic mass is 10.1. The topological polar surface area (TPSA) is 78.7 Å². The molecule has 1 amide bonds. The first-order valence-corrected chi connectivity index (χ1v) is 13.2. The largest absolute Gasteiger partial charge is 0.493 e. The molecular weight excluding hydrogens is 492 g/mol. The highest BCUT2D eigenvalue weighted by atomic mass is 16.6. The average Bonchev–Trinajstić information content (AvgIpc) is 3.58. The number of aryl methyl sites for hydroxylation is 2. The molecule has 3 heterocycles. The molecule has 1 unspecified atom stereocenters. The van der Waals surface area contributed by atoms with Crippen LogP contribution in [0, 0.1) is 13.8 Å². The Bertz CT molecular complexity index is 1400. The highest BCUT2D eigenvalue weighted by Crippen LogP contribution is 2.31. The van der Waals surface area contributed by atoms with Crippen LogP contribution in [0.25, 0.3) is 0 Å². The summed E-state index contributed by atoms with van der Waals surface area (Å²) in [5.41, 5.74) is 5.72. The van der Waals surface area contributed by atoms with Crippen molar-refractivity contribution in [3.63, 3.8) is 0 Å². The summed E-state index contributed by atoms with van der Waals surface area (Å²) in [7, 11) is 1.63. The van der Waals surface area contributed by atoms with Crippen molar-refractivity contribution in [1.82, 2.24) is 19.7 Å². The van der Waals surface area contributed by atoms with E-state index in [1.807, 2.05) is 78.0 Å². The van der Waals surface area contributed by atoms with Crippen LogP contribution in [-0.2, 0) is 24.4 Å². The molecule has 8 nitrogen and oxygen atoms in total. The monoisotopic (exact) mass is 526 g/mol. The first kappa shape index (κ1) is 26.4. The molecule has 4 aromatic rings. The summed E-state index contributed by atoms with van der Waals surface area (Å²) >= 11 is 0. The zero-order chi connectivity index (χ0) is 27.2. The van der Waals surface area contributed by atoms with Crippen LogP contribution >= 0.6 is 0 Å². The van der Waals surface area contributed by atoms with Gasteiger partial charge in [-0.1, -0.05) is 24.3 Å². The number of hydrogen-bond acceptors (Lipinski definition) is 6. The number of nitrogens with zero attached hydrogens (tertiary/aromatic N) is 4. The lowest BCUT2D eigenvalue weighted by Crippen LogP contribution is -2.30. The van der Waals surface area contributed by atoms with Crippen LogP contribution in [0.1, 0.15) is 44.9 Å². The number of methoxy groups -OCH3 is 1. The number of carbonyl (C=O) groups is 1. The maximum atomic E-state index is 13.8. The highest BCUT2D eigenvalue weighted by Gasteiger charge is 2.21. The van der Waals surface area contributed by atoms with Gasteiger partial charge in [-0.3, -0.25) is 14.5 Å². The van der Waals surface area contributed by atoms with E-state index < -0.39 is 0 Å². The van der Waals surface area contributed by atoms with Crippen molar-refractivity contribution < 1.29 is 19.0 Å². The van der Waals surface area contributed by atoms with Gasteiger partial charge in [0.25, 0.3) is 5.91 Å². The van der Waals surface area contributed by atoms with Crippen LogP contribution < -0.4 is 9.47 Å². The normalized spacial score (nSPS) is 14.8. The molecule has 0 aliphatic carbocycles. The van der Waals surface area contributed by atoms with Crippen molar-refractivity contribution in [3.05, 3.63) is 107 Å². The van der Waals surface area contributed by atoms with E-state index in [4.69, 9.17) is 14.2 Å². The molecule has 202 valence electrons. The van der Waals surface area contributed by atoms with Gasteiger partial charge in [0.1, 0.15) is 6.10 Å². The second-order valence-electron chi connectivity index (χ2n) is 9.89. The molecule has 1 aliphatic heterocycles. The zero-order valence-corrected chi connectivity index (χ0v) is 22.7. The molecule has 0 spiro atoms. The Hall–Kier alpha value is -4.17. The van der Waals surface area contributed by atoms with Crippen molar-refractivity contribution in [3.8, 4) is 11.5 Å². The first-order valence-electron chi connectivity index (χ1n) is 13.2. The van der Waals surface area contributed by atoms with E-state index in [0.717, 1.165) is 34.5 Å². The SMILES string of the molecule is COc1cc(CN(Cc2cccnc2)C(=O)c2ccc(Cn3nc(C)cc3C)cc2)ccc1OC1CCOC1. The van der Waals surface area contributed by atoms with E-state index in [2.05, 4.69) is 16.1 Å². The fourth-order valence-electron chi connectivity index (χ4n) is 4.77. The van der Waals surface area contributed by atoms with Gasteiger partial charge >= 0.3 is 0 Å². The van der Waals surface area contributed by atoms with Crippen LogP contribution in [-0.4, -0.2) is 52.0 Å². The molecular formula is C31H34N4O4. The molecule has 0 radical (unpaired) electrons. The van der Waals surface area contributed by atoms with Gasteiger partial charge in [-0.15, -0.1) is 0 Å². The van der Waals surface area contributed by atoms with Crippen LogP contribution in [0.4, 0.5) is 0 Å². The number of benzene rings is 2. The molecule has 8 heteroatoms. The van der Waals surface area contributed by atoms with E-state index in [9.17, 15) is 4.79 Å². The Morgan fingerprint density at radius 2 is 1.82 bits per heavy atom. The first-order chi connectivity index (χ1) is 19.0. The Labute approximate surface area is 229 Å². The van der Waals surface area contributed by atoms with Crippen molar-refractivity contribution >= 4 is 5.91 Å². The van der Waals surface area contributed by atoms with Gasteiger partial charge in [-0.2, -0.15) is 5.10 Å². The molecule has 0 N–H and O–H groups in total. The maximum absolute atomic E-state index is 13.8. The van der Waals surface area contributed by atoms with Gasteiger partial charge < -0.3 is 19.1 Å². The lowest BCUT2D eigenvalue weighted by Gasteiger charge is -2.24. The van der Waals surface area contributed by atoms with E-state index in [-0.39, 0.29) is 12.0 Å². The summed E-state index contributed by atoms with van der Waals surface area (Å²) < 4.78 is 19.1. The number of hydrogen-bond donors (Lipinski definition) is 0. The number of rotatable bonds is 10. The molecule has 1 saturated heterocycles. The van der Waals surface area contributed by atoms with Crippen LogP contribution in [0.5, 0.6) is 11.5 Å². The van der Waals surface area contributed by atoms with Crippen molar-refractivity contribution in [2.24, 2.45) is 0 Å². The molecule has 1 aliphatic rings. The molecule has 2 aromatic heterocycles. The predicted molar refractivity (Wildman–Crippen MR) is 148 cm³/mol. The molecule has 0 saturated carbocycles. The van der Waals surface area contributed by atoms with Gasteiger partial charge in [0.15, 0.2) is 11.5 Å². The van der Waals surface area contributed by atoms with Crippen LogP contribution in [0.15, 0.2) is 73.1 Å². The predicted octanol–water partition coefficient (Wildman–Crippen LogP) is 4.96. The minimum absolute atomic E-state index is 0.0256. The smallest absolute Gasteiger partial charge is 0.254 e. The summed E-state index contributed by atoms with van der Waals surface area (Å²) in [5, 5.41) is 4.54. The summed E-state index contributed by atoms with van der Waals surface area (Å²) in [6.45, 7) is 6.82. The van der Waals surface area contributed by atoms with Gasteiger partial charge in [-0.25, -0.2) is 0 Å². The van der Waals surface area contributed by atoms with Crippen LogP contribution in [0.3, 0.4) is 0 Å². The maximum Gasteiger partial charge on any atom is 0.254 e. The standard InChI is InChI=1S/C31H34N4O4/c1-22-15-23(2)35(33-22)20-24-6-9-27(10-7-24)31(36)34(19-26-5-4-13-32-17-26)18-25-8-11-29(30(16-25)37-3)39-28-12-14-38-21-28/h4-11,13,15-17,28H,12,14,18-21H2,1-3H3. The number of ether oxygens (including phenoxy) is 3. The third-order valence-electron chi connectivity index (χ3n) is 6.80. The van der Waals surface area contributed by atoms with Gasteiger partial charge in [0, 0.05) is 43.2 Å². The van der Waals surface area contributed by atoms with E-state index in [0.29, 0.717) is 49.9 Å². The summed E-state index contributed by atoms with van der Waals surface area (Å²) in [6, 6.07) is 19.5. The summed E-state index contributed by atoms with van der Waals surface area (Å²) in [5.74, 6) is 1.26. The molecule has 2 aromatic carbocycles. The van der Waals surface area contributed by atoms with E-state index >= 15 is 0 Å². The molecule has 5 rings (SSSR count). The van der Waals surface area contributed by atoms with Crippen LogP contribution in [0.2, 0.25) is 0 Å². The molecule has 1 atom stereocenters. The van der Waals surface area contributed by atoms with Gasteiger partial charge in [0.05, 0.1) is 32.6 Å². The van der Waals surface area contributed by atoms with Crippen molar-refractivity contribution in [2.45, 2.75) is 46.0 Å². The second kappa shape index (κ2) is 12.1.